The fourth-order valence-electron chi connectivity index (χ4n) is 2.15. The number of benzene rings is 2. The maximum Gasteiger partial charge on any atom is 0.265 e. The van der Waals surface area contributed by atoms with E-state index in [1.54, 1.807) is 37.3 Å². The first-order chi connectivity index (χ1) is 10.1. The number of carbonyl (C=O) groups is 1. The molecule has 0 aliphatic carbocycles. The van der Waals surface area contributed by atoms with Crippen molar-refractivity contribution in [2.24, 2.45) is 0 Å². The van der Waals surface area contributed by atoms with Crippen LogP contribution in [0.3, 0.4) is 0 Å². The minimum Gasteiger partial charge on any atom is -0.355 e. The van der Waals surface area contributed by atoms with Gasteiger partial charge in [-0.2, -0.15) is 0 Å². The van der Waals surface area contributed by atoms with E-state index in [-0.39, 0.29) is 5.91 Å². The zero-order chi connectivity index (χ0) is 14.8. The van der Waals surface area contributed by atoms with Crippen LogP contribution in [-0.2, 0) is 0 Å². The number of carbonyl (C=O) groups excluding carboxylic acids is 1. The molecule has 1 amide bonds. The van der Waals surface area contributed by atoms with Crippen LogP contribution in [0, 0.1) is 0 Å². The van der Waals surface area contributed by atoms with E-state index in [2.05, 4.69) is 10.6 Å². The van der Waals surface area contributed by atoms with Gasteiger partial charge in [-0.1, -0.05) is 35.5 Å². The Kier molecular flexibility index (Phi) is 3.41. The lowest BCUT2D eigenvalue weighted by atomic mass is 10.1. The predicted molar refractivity (Wildman–Crippen MR) is 80.6 cm³/mol. The summed E-state index contributed by atoms with van der Waals surface area (Å²) in [6, 6.07) is 15.0. The van der Waals surface area contributed by atoms with Gasteiger partial charge in [0, 0.05) is 25.2 Å². The van der Waals surface area contributed by atoms with Crippen LogP contribution in [0.1, 0.15) is 10.4 Å². The molecule has 0 fully saturated rings. The SMILES string of the molecule is CN(C)NC(=O)c1ccc2noc(-c3ccccc3)c2c1. The molecule has 0 aliphatic rings. The molecule has 3 aromatic rings. The van der Waals surface area contributed by atoms with Crippen molar-refractivity contribution in [1.82, 2.24) is 15.6 Å². The molecule has 0 atom stereocenters. The van der Waals surface area contributed by atoms with Crippen molar-refractivity contribution in [3.05, 3.63) is 54.1 Å². The van der Waals surface area contributed by atoms with E-state index in [1.165, 1.54) is 0 Å². The molecule has 0 saturated carbocycles. The highest BCUT2D eigenvalue weighted by atomic mass is 16.5. The standard InChI is InChI=1S/C16H15N3O2/c1-19(2)17-16(20)12-8-9-14-13(10-12)15(21-18-14)11-6-4-3-5-7-11/h3-10H,1-2H3,(H,17,20). The summed E-state index contributed by atoms with van der Waals surface area (Å²) in [5.74, 6) is 0.507. The van der Waals surface area contributed by atoms with Gasteiger partial charge in [-0.05, 0) is 18.2 Å². The third-order valence-corrected chi connectivity index (χ3v) is 3.10. The summed E-state index contributed by atoms with van der Waals surface area (Å²) in [6.45, 7) is 0. The second-order valence-electron chi connectivity index (χ2n) is 4.95. The molecular weight excluding hydrogens is 266 g/mol. The van der Waals surface area contributed by atoms with E-state index >= 15 is 0 Å². The van der Waals surface area contributed by atoms with Crippen molar-refractivity contribution < 1.29 is 9.32 Å². The molecular formula is C16H15N3O2. The lowest BCUT2D eigenvalue weighted by molar-refractivity contribution is 0.0857. The molecule has 106 valence electrons. The Morgan fingerprint density at radius 3 is 2.62 bits per heavy atom. The van der Waals surface area contributed by atoms with Crippen LogP contribution in [0.4, 0.5) is 0 Å². The predicted octanol–water partition coefficient (Wildman–Crippen LogP) is 2.70. The van der Waals surface area contributed by atoms with Gasteiger partial charge in [-0.3, -0.25) is 10.2 Å². The summed E-state index contributed by atoms with van der Waals surface area (Å²) >= 11 is 0. The number of hydrogen-bond acceptors (Lipinski definition) is 4. The summed E-state index contributed by atoms with van der Waals surface area (Å²) in [6.07, 6.45) is 0. The van der Waals surface area contributed by atoms with Crippen LogP contribution in [0.15, 0.2) is 53.1 Å². The third kappa shape index (κ3) is 2.64. The maximum atomic E-state index is 12.1. The monoisotopic (exact) mass is 281 g/mol. The first kappa shape index (κ1) is 13.3. The van der Waals surface area contributed by atoms with Gasteiger partial charge in [-0.25, -0.2) is 5.01 Å². The fraction of sp³-hybridized carbons (Fsp3) is 0.125. The van der Waals surface area contributed by atoms with E-state index in [0.29, 0.717) is 11.3 Å². The van der Waals surface area contributed by atoms with Crippen molar-refractivity contribution in [3.8, 4) is 11.3 Å². The Hall–Kier alpha value is -2.66. The Labute approximate surface area is 122 Å². The highest BCUT2D eigenvalue weighted by Gasteiger charge is 2.14. The van der Waals surface area contributed by atoms with Crippen LogP contribution in [0.25, 0.3) is 22.2 Å². The molecule has 1 heterocycles. The number of nitrogens with one attached hydrogen (secondary N) is 1. The Morgan fingerprint density at radius 1 is 1.14 bits per heavy atom. The van der Waals surface area contributed by atoms with Crippen molar-refractivity contribution >= 4 is 16.8 Å². The van der Waals surface area contributed by atoms with Gasteiger partial charge in [-0.15, -0.1) is 0 Å². The van der Waals surface area contributed by atoms with Crippen molar-refractivity contribution in [3.63, 3.8) is 0 Å². The molecule has 5 nitrogen and oxygen atoms in total. The normalized spacial score (nSPS) is 11.0. The largest absolute Gasteiger partial charge is 0.355 e. The summed E-state index contributed by atoms with van der Waals surface area (Å²) in [5.41, 5.74) is 4.95. The van der Waals surface area contributed by atoms with E-state index in [9.17, 15) is 4.79 Å². The van der Waals surface area contributed by atoms with Gasteiger partial charge >= 0.3 is 0 Å². The number of rotatable bonds is 3. The van der Waals surface area contributed by atoms with E-state index in [1.807, 2.05) is 30.3 Å². The molecule has 21 heavy (non-hydrogen) atoms. The second kappa shape index (κ2) is 5.38. The van der Waals surface area contributed by atoms with E-state index < -0.39 is 0 Å². The van der Waals surface area contributed by atoms with Crippen LogP contribution < -0.4 is 5.43 Å². The van der Waals surface area contributed by atoms with Crippen molar-refractivity contribution in [2.75, 3.05) is 14.1 Å². The zero-order valence-corrected chi connectivity index (χ0v) is 11.8. The highest BCUT2D eigenvalue weighted by Crippen LogP contribution is 2.29. The summed E-state index contributed by atoms with van der Waals surface area (Å²) in [5, 5.41) is 6.48. The van der Waals surface area contributed by atoms with Gasteiger partial charge in [0.05, 0.1) is 5.39 Å². The zero-order valence-electron chi connectivity index (χ0n) is 11.8. The summed E-state index contributed by atoms with van der Waals surface area (Å²) in [4.78, 5) is 12.1. The maximum absolute atomic E-state index is 12.1. The fourth-order valence-corrected chi connectivity index (χ4v) is 2.15. The molecule has 0 spiro atoms. The summed E-state index contributed by atoms with van der Waals surface area (Å²) < 4.78 is 5.42. The first-order valence-corrected chi connectivity index (χ1v) is 6.58. The Morgan fingerprint density at radius 2 is 1.90 bits per heavy atom. The minimum absolute atomic E-state index is 0.165. The first-order valence-electron chi connectivity index (χ1n) is 6.58. The van der Waals surface area contributed by atoms with Crippen molar-refractivity contribution in [1.29, 1.82) is 0 Å². The number of fused-ring (bicyclic) bond motifs is 1. The van der Waals surface area contributed by atoms with Crippen LogP contribution in [0.2, 0.25) is 0 Å². The number of hydrogen-bond donors (Lipinski definition) is 1. The molecule has 0 bridgehead atoms. The molecule has 1 N–H and O–H groups in total. The Balaban J connectivity index is 2.06. The van der Waals surface area contributed by atoms with Crippen LogP contribution >= 0.6 is 0 Å². The molecule has 0 saturated heterocycles. The van der Waals surface area contributed by atoms with Gasteiger partial charge < -0.3 is 4.52 Å². The topological polar surface area (TPSA) is 58.4 Å². The summed E-state index contributed by atoms with van der Waals surface area (Å²) in [7, 11) is 3.54. The molecule has 3 rings (SSSR count). The molecule has 0 radical (unpaired) electrons. The quantitative estimate of drug-likeness (QED) is 0.750. The average Bonchev–Trinajstić information content (AvgIpc) is 2.90. The molecule has 2 aromatic carbocycles. The second-order valence-corrected chi connectivity index (χ2v) is 4.95. The third-order valence-electron chi connectivity index (χ3n) is 3.10. The lowest BCUT2D eigenvalue weighted by Crippen LogP contribution is -2.36. The minimum atomic E-state index is -0.165. The van der Waals surface area contributed by atoms with Crippen LogP contribution in [-0.4, -0.2) is 30.2 Å². The highest BCUT2D eigenvalue weighted by molar-refractivity contribution is 6.00. The molecule has 5 heteroatoms. The molecule has 0 aliphatic heterocycles. The van der Waals surface area contributed by atoms with Gasteiger partial charge in [0.25, 0.3) is 5.91 Å². The lowest BCUT2D eigenvalue weighted by Gasteiger charge is -2.11. The van der Waals surface area contributed by atoms with Gasteiger partial charge in [0.1, 0.15) is 5.52 Å². The average molecular weight is 281 g/mol. The number of nitrogens with zero attached hydrogens (tertiary/aromatic N) is 2. The smallest absolute Gasteiger partial charge is 0.265 e. The molecule has 1 aromatic heterocycles. The Bertz CT molecular complexity index is 779. The van der Waals surface area contributed by atoms with Gasteiger partial charge in [0.15, 0.2) is 5.76 Å². The van der Waals surface area contributed by atoms with Crippen molar-refractivity contribution in [2.45, 2.75) is 0 Å². The van der Waals surface area contributed by atoms with E-state index in [0.717, 1.165) is 16.5 Å². The number of hydrazine groups is 1. The number of aromatic nitrogens is 1. The van der Waals surface area contributed by atoms with Crippen LogP contribution in [0.5, 0.6) is 0 Å². The van der Waals surface area contributed by atoms with Gasteiger partial charge in [0.2, 0.25) is 0 Å². The molecule has 0 unspecified atom stereocenters. The van der Waals surface area contributed by atoms with E-state index in [4.69, 9.17) is 4.52 Å². The number of amides is 1.